The maximum absolute atomic E-state index is 9.20. The van der Waals surface area contributed by atoms with Crippen molar-refractivity contribution in [1.29, 1.82) is 0 Å². The van der Waals surface area contributed by atoms with Gasteiger partial charge >= 0.3 is 0 Å². The summed E-state index contributed by atoms with van der Waals surface area (Å²) in [5, 5.41) is 10.1. The van der Waals surface area contributed by atoms with Crippen LogP contribution in [-0.2, 0) is 0 Å². The lowest BCUT2D eigenvalue weighted by atomic mass is 10.3. The van der Waals surface area contributed by atoms with Crippen LogP contribution < -0.4 is 0 Å². The molecule has 0 atom stereocenters. The van der Waals surface area contributed by atoms with E-state index < -0.39 is 0 Å². The first-order chi connectivity index (χ1) is 8.31. The largest absolute Gasteiger partial charge is 0.508 e. The number of rotatable bonds is 2. The van der Waals surface area contributed by atoms with Gasteiger partial charge in [-0.25, -0.2) is 4.98 Å². The number of para-hydroxylation sites is 2. The first-order valence-electron chi connectivity index (χ1n) is 5.23. The molecule has 0 bridgehead atoms. The normalized spacial score (nSPS) is 10.8. The summed E-state index contributed by atoms with van der Waals surface area (Å²) in [5.41, 5.74) is 2.00. The lowest BCUT2D eigenvalue weighted by Crippen LogP contribution is -1.75. The zero-order valence-corrected chi connectivity index (χ0v) is 9.74. The van der Waals surface area contributed by atoms with Crippen LogP contribution in [0, 0.1) is 0 Å². The van der Waals surface area contributed by atoms with Crippen LogP contribution in [-0.4, -0.2) is 15.1 Å². The number of aromatic nitrogens is 2. The topological polar surface area (TPSA) is 48.9 Å². The maximum Gasteiger partial charge on any atom is 0.171 e. The van der Waals surface area contributed by atoms with Crippen LogP contribution in [0.25, 0.3) is 11.0 Å². The fourth-order valence-electron chi connectivity index (χ4n) is 1.60. The van der Waals surface area contributed by atoms with E-state index in [2.05, 4.69) is 9.97 Å². The van der Waals surface area contributed by atoms with Gasteiger partial charge in [0.15, 0.2) is 5.16 Å². The number of fused-ring (bicyclic) bond motifs is 1. The van der Waals surface area contributed by atoms with Gasteiger partial charge in [-0.3, -0.25) is 0 Å². The van der Waals surface area contributed by atoms with E-state index in [1.165, 1.54) is 0 Å². The maximum atomic E-state index is 9.20. The minimum absolute atomic E-state index is 0.277. The number of nitrogens with zero attached hydrogens (tertiary/aromatic N) is 1. The van der Waals surface area contributed by atoms with Gasteiger partial charge in [0, 0.05) is 4.90 Å². The average Bonchev–Trinajstić information content (AvgIpc) is 2.74. The first-order valence-corrected chi connectivity index (χ1v) is 6.04. The predicted molar refractivity (Wildman–Crippen MR) is 68.3 cm³/mol. The predicted octanol–water partition coefficient (Wildman–Crippen LogP) is 3.42. The van der Waals surface area contributed by atoms with Crippen LogP contribution in [0.5, 0.6) is 5.75 Å². The highest BCUT2D eigenvalue weighted by molar-refractivity contribution is 7.99. The van der Waals surface area contributed by atoms with E-state index in [9.17, 15) is 5.11 Å². The summed E-state index contributed by atoms with van der Waals surface area (Å²) < 4.78 is 0. The molecule has 2 N–H and O–H groups in total. The Labute approximate surface area is 103 Å². The van der Waals surface area contributed by atoms with Crippen molar-refractivity contribution in [2.24, 2.45) is 0 Å². The van der Waals surface area contributed by atoms with Crippen LogP contribution in [0.3, 0.4) is 0 Å². The minimum atomic E-state index is 0.277. The smallest absolute Gasteiger partial charge is 0.171 e. The molecule has 84 valence electrons. The molecule has 0 radical (unpaired) electrons. The highest BCUT2D eigenvalue weighted by atomic mass is 32.2. The van der Waals surface area contributed by atoms with E-state index in [0.717, 1.165) is 21.1 Å². The van der Waals surface area contributed by atoms with Crippen molar-refractivity contribution in [2.75, 3.05) is 0 Å². The third-order valence-corrected chi connectivity index (χ3v) is 3.31. The highest BCUT2D eigenvalue weighted by Gasteiger charge is 2.03. The van der Waals surface area contributed by atoms with Crippen molar-refractivity contribution >= 4 is 22.8 Å². The van der Waals surface area contributed by atoms with E-state index >= 15 is 0 Å². The molecule has 1 aromatic heterocycles. The minimum Gasteiger partial charge on any atom is -0.508 e. The number of phenolic OH excluding ortho intramolecular Hbond substituents is 1. The molecule has 3 rings (SSSR count). The SMILES string of the molecule is Oc1ccc(Sc2nc3ccccc3[nH]2)cc1. The summed E-state index contributed by atoms with van der Waals surface area (Å²) >= 11 is 1.54. The van der Waals surface area contributed by atoms with Crippen molar-refractivity contribution in [2.45, 2.75) is 10.1 Å². The van der Waals surface area contributed by atoms with E-state index in [4.69, 9.17) is 0 Å². The number of hydrogen-bond acceptors (Lipinski definition) is 3. The molecule has 0 saturated carbocycles. The molecule has 0 unspecified atom stereocenters. The van der Waals surface area contributed by atoms with Gasteiger partial charge in [0.2, 0.25) is 0 Å². The molecule has 4 heteroatoms. The molecular weight excluding hydrogens is 232 g/mol. The molecule has 0 spiro atoms. The summed E-state index contributed by atoms with van der Waals surface area (Å²) in [4.78, 5) is 8.77. The van der Waals surface area contributed by atoms with Gasteiger partial charge in [0.1, 0.15) is 5.75 Å². The van der Waals surface area contributed by atoms with Gasteiger partial charge in [0.25, 0.3) is 0 Å². The third-order valence-electron chi connectivity index (χ3n) is 2.42. The number of aromatic hydroxyl groups is 1. The number of hydrogen-bond donors (Lipinski definition) is 2. The summed E-state index contributed by atoms with van der Waals surface area (Å²) in [6.07, 6.45) is 0. The van der Waals surface area contributed by atoms with Crippen molar-refractivity contribution in [3.8, 4) is 5.75 Å². The molecular formula is C13H10N2OS. The Morgan fingerprint density at radius 1 is 1.00 bits per heavy atom. The number of phenols is 1. The van der Waals surface area contributed by atoms with Gasteiger partial charge in [-0.1, -0.05) is 23.9 Å². The van der Waals surface area contributed by atoms with E-state index in [1.54, 1.807) is 23.9 Å². The standard InChI is InChI=1S/C13H10N2OS/c16-9-5-7-10(8-6-9)17-13-14-11-3-1-2-4-12(11)15-13/h1-8,16H,(H,14,15). The third kappa shape index (κ3) is 2.12. The Bertz CT molecular complexity index is 613. The Balaban J connectivity index is 1.92. The lowest BCUT2D eigenvalue weighted by Gasteiger charge is -1.97. The number of imidazole rings is 1. The lowest BCUT2D eigenvalue weighted by molar-refractivity contribution is 0.475. The van der Waals surface area contributed by atoms with Crippen LogP contribution in [0.15, 0.2) is 58.6 Å². The molecule has 1 heterocycles. The number of H-pyrrole nitrogens is 1. The molecule has 0 aliphatic heterocycles. The molecule has 0 saturated heterocycles. The summed E-state index contributed by atoms with van der Waals surface area (Å²) in [7, 11) is 0. The van der Waals surface area contributed by atoms with Gasteiger partial charge in [-0.05, 0) is 36.4 Å². The van der Waals surface area contributed by atoms with Crippen LogP contribution in [0.4, 0.5) is 0 Å². The van der Waals surface area contributed by atoms with E-state index in [-0.39, 0.29) is 5.75 Å². The van der Waals surface area contributed by atoms with Crippen LogP contribution >= 0.6 is 11.8 Å². The number of benzene rings is 2. The zero-order chi connectivity index (χ0) is 11.7. The van der Waals surface area contributed by atoms with Gasteiger partial charge in [-0.2, -0.15) is 0 Å². The second kappa shape index (κ2) is 4.14. The van der Waals surface area contributed by atoms with Crippen molar-refractivity contribution < 1.29 is 5.11 Å². The van der Waals surface area contributed by atoms with Crippen molar-refractivity contribution in [1.82, 2.24) is 9.97 Å². The van der Waals surface area contributed by atoms with E-state index in [1.807, 2.05) is 36.4 Å². The monoisotopic (exact) mass is 242 g/mol. The highest BCUT2D eigenvalue weighted by Crippen LogP contribution is 2.28. The molecule has 0 aliphatic carbocycles. The summed E-state index contributed by atoms with van der Waals surface area (Å²) in [5.74, 6) is 0.277. The van der Waals surface area contributed by atoms with Gasteiger partial charge in [-0.15, -0.1) is 0 Å². The van der Waals surface area contributed by atoms with Crippen LogP contribution in [0.2, 0.25) is 0 Å². The molecule has 17 heavy (non-hydrogen) atoms. The average molecular weight is 242 g/mol. The zero-order valence-electron chi connectivity index (χ0n) is 8.92. The van der Waals surface area contributed by atoms with Gasteiger partial charge < -0.3 is 10.1 Å². The molecule has 0 aliphatic rings. The molecule has 3 nitrogen and oxygen atoms in total. The van der Waals surface area contributed by atoms with Crippen LogP contribution in [0.1, 0.15) is 0 Å². The molecule has 2 aromatic carbocycles. The fraction of sp³-hybridized carbons (Fsp3) is 0. The number of nitrogens with one attached hydrogen (secondary N) is 1. The first kappa shape index (κ1) is 10.2. The Morgan fingerprint density at radius 3 is 2.53 bits per heavy atom. The van der Waals surface area contributed by atoms with Crippen molar-refractivity contribution in [3.05, 3.63) is 48.5 Å². The Kier molecular flexibility index (Phi) is 2.49. The second-order valence-electron chi connectivity index (χ2n) is 3.66. The molecule has 3 aromatic rings. The second-order valence-corrected chi connectivity index (χ2v) is 4.72. The Morgan fingerprint density at radius 2 is 1.76 bits per heavy atom. The summed E-state index contributed by atoms with van der Waals surface area (Å²) in [6, 6.07) is 15.0. The molecule has 0 fully saturated rings. The number of aromatic amines is 1. The fourth-order valence-corrected chi connectivity index (χ4v) is 2.40. The van der Waals surface area contributed by atoms with Gasteiger partial charge in [0.05, 0.1) is 11.0 Å². The van der Waals surface area contributed by atoms with Crippen molar-refractivity contribution in [3.63, 3.8) is 0 Å². The quantitative estimate of drug-likeness (QED) is 0.724. The summed E-state index contributed by atoms with van der Waals surface area (Å²) in [6.45, 7) is 0. The van der Waals surface area contributed by atoms with E-state index in [0.29, 0.717) is 0 Å². The molecule has 0 amide bonds. The Hall–Kier alpha value is -1.94.